The van der Waals surface area contributed by atoms with E-state index in [2.05, 4.69) is 20.1 Å². The second-order valence-electron chi connectivity index (χ2n) is 10.9. The van der Waals surface area contributed by atoms with Crippen LogP contribution in [0.1, 0.15) is 35.0 Å². The van der Waals surface area contributed by atoms with Gasteiger partial charge in [0.25, 0.3) is 0 Å². The number of carboxylic acids is 1. The molecule has 1 aliphatic carbocycles. The predicted molar refractivity (Wildman–Crippen MR) is 154 cm³/mol. The Labute approximate surface area is 235 Å². The van der Waals surface area contributed by atoms with E-state index in [9.17, 15) is 19.1 Å². The van der Waals surface area contributed by atoms with Crippen LogP contribution in [0.5, 0.6) is 0 Å². The molecule has 1 unspecified atom stereocenters. The van der Waals surface area contributed by atoms with E-state index in [0.717, 1.165) is 6.42 Å². The zero-order valence-corrected chi connectivity index (χ0v) is 23.3. The van der Waals surface area contributed by atoms with Gasteiger partial charge in [0.2, 0.25) is 5.43 Å². The quantitative estimate of drug-likeness (QED) is 0.320. The van der Waals surface area contributed by atoms with Crippen LogP contribution in [-0.4, -0.2) is 70.3 Å². The number of anilines is 2. The molecule has 6 rings (SSSR count). The first kappa shape index (κ1) is 26.8. The average Bonchev–Trinajstić information content (AvgIpc) is 3.59. The van der Waals surface area contributed by atoms with E-state index in [4.69, 9.17) is 4.98 Å². The molecule has 41 heavy (non-hydrogen) atoms. The highest BCUT2D eigenvalue weighted by Gasteiger charge is 2.36. The second kappa shape index (κ2) is 9.91. The molecule has 0 amide bonds. The van der Waals surface area contributed by atoms with Crippen LogP contribution in [0, 0.1) is 11.6 Å². The summed E-state index contributed by atoms with van der Waals surface area (Å²) in [6, 6.07) is 3.07. The third kappa shape index (κ3) is 4.22. The van der Waals surface area contributed by atoms with Crippen molar-refractivity contribution in [1.82, 2.24) is 19.4 Å². The summed E-state index contributed by atoms with van der Waals surface area (Å²) < 4.78 is 32.1. The molecule has 1 aliphatic heterocycles. The van der Waals surface area contributed by atoms with Crippen molar-refractivity contribution in [1.29, 1.82) is 0 Å². The monoisotopic (exact) mass is 560 g/mol. The first-order valence-electron chi connectivity index (χ1n) is 13.5. The number of likely N-dealkylation sites (N-methyl/N-ethyl adjacent to an activating group) is 1. The molecule has 212 valence electrons. The molecule has 0 bridgehead atoms. The Morgan fingerprint density at radius 2 is 1.98 bits per heavy atom. The summed E-state index contributed by atoms with van der Waals surface area (Å²) in [5, 5.41) is 12.9. The summed E-state index contributed by atoms with van der Waals surface area (Å²) in [5.74, 6) is -3.18. The maximum atomic E-state index is 15.7. The first-order chi connectivity index (χ1) is 19.6. The minimum atomic E-state index is -1.32. The Balaban J connectivity index is 1.64. The summed E-state index contributed by atoms with van der Waals surface area (Å²) >= 11 is 0. The average molecular weight is 561 g/mol. The molecule has 0 radical (unpaired) electrons. The van der Waals surface area contributed by atoms with Crippen molar-refractivity contribution in [3.05, 3.63) is 69.4 Å². The van der Waals surface area contributed by atoms with Gasteiger partial charge >= 0.3 is 5.97 Å². The number of pyridine rings is 3. The zero-order chi connectivity index (χ0) is 29.2. The first-order valence-corrected chi connectivity index (χ1v) is 13.5. The van der Waals surface area contributed by atoms with Crippen molar-refractivity contribution in [2.75, 3.05) is 43.9 Å². The fraction of sp³-hybridized carbons (Fsp3) is 0.333. The van der Waals surface area contributed by atoms with Crippen LogP contribution in [0.2, 0.25) is 0 Å². The Hall–Kier alpha value is -4.38. The van der Waals surface area contributed by atoms with E-state index in [0.29, 0.717) is 71.0 Å². The maximum absolute atomic E-state index is 15.7. The number of aromatic carboxylic acids is 1. The summed E-state index contributed by atoms with van der Waals surface area (Å²) in [5.41, 5.74) is 3.78. The SMILES string of the molecule is CCNc1cc(F)c(F)c2c1Cc1ncc(-c3cnc4c(c3)c(=O)c(C(=O)O)cn4C)c(N3CCC(N(C)C)C3)c1-2. The van der Waals surface area contributed by atoms with Gasteiger partial charge in [0.1, 0.15) is 11.2 Å². The van der Waals surface area contributed by atoms with E-state index in [1.165, 1.54) is 16.8 Å². The number of aromatic nitrogens is 3. The number of aryl methyl sites for hydroxylation is 1. The van der Waals surface area contributed by atoms with E-state index < -0.39 is 23.0 Å². The molecular weight excluding hydrogens is 530 g/mol. The normalized spacial score (nSPS) is 16.0. The van der Waals surface area contributed by atoms with Crippen LogP contribution in [-0.2, 0) is 13.5 Å². The second-order valence-corrected chi connectivity index (χ2v) is 10.9. The number of nitrogens with zero attached hydrogens (tertiary/aromatic N) is 5. The van der Waals surface area contributed by atoms with Crippen LogP contribution in [0.3, 0.4) is 0 Å². The van der Waals surface area contributed by atoms with Crippen LogP contribution in [0.4, 0.5) is 20.2 Å². The molecule has 0 spiro atoms. The topological polar surface area (TPSA) is 104 Å². The van der Waals surface area contributed by atoms with Gasteiger partial charge in [-0.05, 0) is 39.1 Å². The molecule has 1 fully saturated rings. The van der Waals surface area contributed by atoms with Gasteiger partial charge in [0.05, 0.1) is 16.8 Å². The van der Waals surface area contributed by atoms with E-state index in [1.54, 1.807) is 25.5 Å². The van der Waals surface area contributed by atoms with Gasteiger partial charge in [-0.15, -0.1) is 0 Å². The molecule has 0 saturated carbocycles. The Kier molecular flexibility index (Phi) is 6.49. The Morgan fingerprint density at radius 1 is 1.20 bits per heavy atom. The third-order valence-electron chi connectivity index (χ3n) is 8.18. The van der Waals surface area contributed by atoms with Gasteiger partial charge < -0.3 is 24.8 Å². The van der Waals surface area contributed by atoms with Crippen LogP contribution in [0.15, 0.2) is 35.5 Å². The van der Waals surface area contributed by atoms with Crippen molar-refractivity contribution in [2.45, 2.75) is 25.8 Å². The van der Waals surface area contributed by atoms with Crippen LogP contribution >= 0.6 is 0 Å². The number of rotatable bonds is 6. The molecular formula is C30H30F2N6O3. The number of halogens is 2. The number of hydrogen-bond acceptors (Lipinski definition) is 7. The van der Waals surface area contributed by atoms with Gasteiger partial charge in [-0.1, -0.05) is 0 Å². The van der Waals surface area contributed by atoms with Crippen LogP contribution < -0.4 is 15.6 Å². The highest BCUT2D eigenvalue weighted by Crippen LogP contribution is 2.50. The minimum absolute atomic E-state index is 0.149. The largest absolute Gasteiger partial charge is 0.477 e. The lowest BCUT2D eigenvalue weighted by molar-refractivity contribution is 0.0695. The number of carboxylic acid groups (broad SMARTS) is 1. The zero-order valence-electron chi connectivity index (χ0n) is 23.3. The summed E-state index contributed by atoms with van der Waals surface area (Å²) in [4.78, 5) is 38.4. The summed E-state index contributed by atoms with van der Waals surface area (Å²) in [6.45, 7) is 3.79. The molecule has 4 aromatic rings. The molecule has 4 heterocycles. The number of nitrogens with one attached hydrogen (secondary N) is 1. The molecule has 3 aromatic heterocycles. The number of carbonyl (C=O) groups is 1. The van der Waals surface area contributed by atoms with Crippen molar-refractivity contribution >= 4 is 28.4 Å². The molecule has 1 aromatic carbocycles. The van der Waals surface area contributed by atoms with Crippen molar-refractivity contribution in [3.8, 4) is 22.3 Å². The highest BCUT2D eigenvalue weighted by molar-refractivity contribution is 5.98. The van der Waals surface area contributed by atoms with Crippen molar-refractivity contribution in [3.63, 3.8) is 0 Å². The van der Waals surface area contributed by atoms with Gasteiger partial charge in [0.15, 0.2) is 11.6 Å². The molecule has 2 aliphatic rings. The van der Waals surface area contributed by atoms with E-state index >= 15 is 4.39 Å². The Bertz CT molecular complexity index is 1800. The Morgan fingerprint density at radius 3 is 2.66 bits per heavy atom. The minimum Gasteiger partial charge on any atom is -0.477 e. The summed E-state index contributed by atoms with van der Waals surface area (Å²) in [6.07, 6.45) is 5.78. The van der Waals surface area contributed by atoms with E-state index in [1.807, 2.05) is 21.0 Å². The van der Waals surface area contributed by atoms with Crippen molar-refractivity contribution in [2.24, 2.45) is 7.05 Å². The standard InChI is InChI=1S/C30H30F2N6O3/c1-5-33-22-10-21(31)26(32)24-17(22)9-23-25(24)27(38-7-6-16(13-38)36(2)3)19(12-34-23)15-8-18-28(39)20(30(40)41)14-37(4)29(18)35-11-15/h8,10-12,14,16,33H,5-7,9,13H2,1-4H3,(H,40,41). The van der Waals surface area contributed by atoms with Crippen molar-refractivity contribution < 1.29 is 18.7 Å². The maximum Gasteiger partial charge on any atom is 0.341 e. The van der Waals surface area contributed by atoms with E-state index in [-0.39, 0.29) is 22.6 Å². The van der Waals surface area contributed by atoms with Gasteiger partial charge in [-0.3, -0.25) is 9.78 Å². The van der Waals surface area contributed by atoms with Gasteiger partial charge in [0, 0.05) is 91.7 Å². The molecule has 1 atom stereocenters. The van der Waals surface area contributed by atoms with Crippen LogP contribution in [0.25, 0.3) is 33.3 Å². The molecule has 2 N–H and O–H groups in total. The molecule has 9 nitrogen and oxygen atoms in total. The number of benzene rings is 1. The number of hydrogen-bond donors (Lipinski definition) is 2. The number of fused-ring (bicyclic) bond motifs is 4. The third-order valence-corrected chi connectivity index (χ3v) is 8.18. The lowest BCUT2D eigenvalue weighted by atomic mass is 9.97. The fourth-order valence-electron chi connectivity index (χ4n) is 6.13. The smallest absolute Gasteiger partial charge is 0.341 e. The summed E-state index contributed by atoms with van der Waals surface area (Å²) in [7, 11) is 5.66. The fourth-order valence-corrected chi connectivity index (χ4v) is 6.13. The van der Waals surface area contributed by atoms with Gasteiger partial charge in [-0.2, -0.15) is 0 Å². The lowest BCUT2D eigenvalue weighted by Crippen LogP contribution is -2.31. The predicted octanol–water partition coefficient (Wildman–Crippen LogP) is 4.12. The highest BCUT2D eigenvalue weighted by atomic mass is 19.2. The van der Waals surface area contributed by atoms with Gasteiger partial charge in [-0.25, -0.2) is 18.6 Å². The molecule has 1 saturated heterocycles. The lowest BCUT2D eigenvalue weighted by Gasteiger charge is -2.27. The molecule has 11 heteroatoms.